The van der Waals surface area contributed by atoms with E-state index < -0.39 is 5.97 Å². The van der Waals surface area contributed by atoms with Gasteiger partial charge in [-0.2, -0.15) is 0 Å². The molecular weight excluding hydrogens is 230 g/mol. The Hall–Kier alpha value is -1.62. The maximum absolute atomic E-state index is 10.8. The molecule has 5 nitrogen and oxygen atoms in total. The molecule has 1 saturated heterocycles. The third kappa shape index (κ3) is 2.61. The van der Waals surface area contributed by atoms with Crippen molar-refractivity contribution in [3.05, 3.63) is 23.9 Å². The van der Waals surface area contributed by atoms with Crippen molar-refractivity contribution in [2.24, 2.45) is 0 Å². The second-order valence-electron chi connectivity index (χ2n) is 4.63. The first-order valence-electron chi connectivity index (χ1n) is 6.30. The van der Waals surface area contributed by atoms with Crippen LogP contribution in [0.3, 0.4) is 0 Å². The number of pyridine rings is 1. The van der Waals surface area contributed by atoms with Crippen LogP contribution in [-0.2, 0) is 0 Å². The number of aromatic nitrogens is 1. The lowest BCUT2D eigenvalue weighted by Gasteiger charge is -2.39. The van der Waals surface area contributed by atoms with Gasteiger partial charge in [-0.3, -0.25) is 4.90 Å². The molecule has 0 bridgehead atoms. The zero-order chi connectivity index (χ0) is 13.1. The molecule has 1 N–H and O–H groups in total. The highest BCUT2D eigenvalue weighted by atomic mass is 16.4. The third-order valence-corrected chi connectivity index (χ3v) is 3.49. The Morgan fingerprint density at radius 3 is 2.78 bits per heavy atom. The SMILES string of the molecule is CCN1CCN(c2ccc(C(=O)O)cn2)CC1C. The van der Waals surface area contributed by atoms with Gasteiger partial charge in [-0.15, -0.1) is 0 Å². The van der Waals surface area contributed by atoms with Crippen LogP contribution in [0, 0.1) is 0 Å². The fraction of sp³-hybridized carbons (Fsp3) is 0.538. The minimum absolute atomic E-state index is 0.235. The number of carboxylic acids is 1. The van der Waals surface area contributed by atoms with Gasteiger partial charge in [0.05, 0.1) is 5.56 Å². The average molecular weight is 249 g/mol. The lowest BCUT2D eigenvalue weighted by molar-refractivity contribution is 0.0696. The zero-order valence-electron chi connectivity index (χ0n) is 10.8. The van der Waals surface area contributed by atoms with Crippen LogP contribution in [0.4, 0.5) is 5.82 Å². The molecule has 1 fully saturated rings. The molecule has 0 spiro atoms. The molecule has 2 heterocycles. The standard InChI is InChI=1S/C13H19N3O2/c1-3-15-6-7-16(9-10(15)2)12-5-4-11(8-14-12)13(17)18/h4-5,8,10H,3,6-7,9H2,1-2H3,(H,17,18). The van der Waals surface area contributed by atoms with Crippen LogP contribution in [0.2, 0.25) is 0 Å². The second kappa shape index (κ2) is 5.35. The Kier molecular flexibility index (Phi) is 3.81. The van der Waals surface area contributed by atoms with E-state index in [1.807, 2.05) is 0 Å². The summed E-state index contributed by atoms with van der Waals surface area (Å²) in [5.74, 6) is -0.0687. The summed E-state index contributed by atoms with van der Waals surface area (Å²) >= 11 is 0. The highest BCUT2D eigenvalue weighted by Gasteiger charge is 2.23. The van der Waals surface area contributed by atoms with E-state index in [0.717, 1.165) is 32.0 Å². The van der Waals surface area contributed by atoms with Gasteiger partial charge < -0.3 is 10.0 Å². The van der Waals surface area contributed by atoms with Crippen LogP contribution >= 0.6 is 0 Å². The zero-order valence-corrected chi connectivity index (χ0v) is 10.8. The van der Waals surface area contributed by atoms with Crippen molar-refractivity contribution in [2.45, 2.75) is 19.9 Å². The highest BCUT2D eigenvalue weighted by Crippen LogP contribution is 2.17. The number of aromatic carboxylic acids is 1. The van der Waals surface area contributed by atoms with E-state index in [-0.39, 0.29) is 5.56 Å². The summed E-state index contributed by atoms with van der Waals surface area (Å²) < 4.78 is 0. The Labute approximate surface area is 107 Å². The van der Waals surface area contributed by atoms with Crippen molar-refractivity contribution < 1.29 is 9.90 Å². The normalized spacial score (nSPS) is 21.0. The molecule has 0 aromatic carbocycles. The van der Waals surface area contributed by atoms with E-state index in [0.29, 0.717) is 6.04 Å². The summed E-state index contributed by atoms with van der Waals surface area (Å²) in [6.07, 6.45) is 1.43. The molecular formula is C13H19N3O2. The molecule has 0 saturated carbocycles. The first kappa shape index (κ1) is 12.8. The highest BCUT2D eigenvalue weighted by molar-refractivity contribution is 5.87. The monoisotopic (exact) mass is 249 g/mol. The van der Waals surface area contributed by atoms with Gasteiger partial charge in [-0.05, 0) is 25.6 Å². The lowest BCUT2D eigenvalue weighted by atomic mass is 10.2. The van der Waals surface area contributed by atoms with Crippen molar-refractivity contribution >= 4 is 11.8 Å². The van der Waals surface area contributed by atoms with Crippen LogP contribution in [0.5, 0.6) is 0 Å². The molecule has 0 amide bonds. The molecule has 1 aliphatic heterocycles. The number of carbonyl (C=O) groups is 1. The number of hydrogen-bond acceptors (Lipinski definition) is 4. The minimum atomic E-state index is -0.932. The first-order valence-corrected chi connectivity index (χ1v) is 6.30. The molecule has 18 heavy (non-hydrogen) atoms. The Morgan fingerprint density at radius 2 is 2.28 bits per heavy atom. The summed E-state index contributed by atoms with van der Waals surface area (Å²) in [6, 6.07) is 3.91. The van der Waals surface area contributed by atoms with Crippen molar-refractivity contribution in [3.8, 4) is 0 Å². The number of nitrogens with zero attached hydrogens (tertiary/aromatic N) is 3. The largest absolute Gasteiger partial charge is 0.478 e. The van der Waals surface area contributed by atoms with Gasteiger partial charge in [0.15, 0.2) is 0 Å². The van der Waals surface area contributed by atoms with Crippen LogP contribution < -0.4 is 4.90 Å². The summed E-state index contributed by atoms with van der Waals surface area (Å²) in [7, 11) is 0. The number of rotatable bonds is 3. The van der Waals surface area contributed by atoms with Gasteiger partial charge in [0.25, 0.3) is 0 Å². The summed E-state index contributed by atoms with van der Waals surface area (Å²) in [5, 5.41) is 8.83. The number of carboxylic acid groups (broad SMARTS) is 1. The molecule has 1 aliphatic rings. The van der Waals surface area contributed by atoms with Crippen LogP contribution in [-0.4, -0.2) is 53.2 Å². The fourth-order valence-electron chi connectivity index (χ4n) is 2.37. The van der Waals surface area contributed by atoms with Gasteiger partial charge in [0, 0.05) is 31.9 Å². The molecule has 5 heteroatoms. The molecule has 1 atom stereocenters. The van der Waals surface area contributed by atoms with E-state index in [9.17, 15) is 4.79 Å². The predicted molar refractivity (Wildman–Crippen MR) is 70.1 cm³/mol. The topological polar surface area (TPSA) is 56.7 Å². The lowest BCUT2D eigenvalue weighted by Crippen LogP contribution is -2.51. The van der Waals surface area contributed by atoms with Crippen molar-refractivity contribution in [1.82, 2.24) is 9.88 Å². The molecule has 1 aromatic heterocycles. The minimum Gasteiger partial charge on any atom is -0.478 e. The van der Waals surface area contributed by atoms with Crippen molar-refractivity contribution in [3.63, 3.8) is 0 Å². The third-order valence-electron chi connectivity index (χ3n) is 3.49. The van der Waals surface area contributed by atoms with Gasteiger partial charge >= 0.3 is 5.97 Å². The average Bonchev–Trinajstić information content (AvgIpc) is 2.38. The van der Waals surface area contributed by atoms with E-state index in [1.54, 1.807) is 12.1 Å². The molecule has 1 aromatic rings. The fourth-order valence-corrected chi connectivity index (χ4v) is 2.37. The summed E-state index contributed by atoms with van der Waals surface area (Å²) in [6.45, 7) is 8.36. The van der Waals surface area contributed by atoms with Crippen molar-refractivity contribution in [1.29, 1.82) is 0 Å². The summed E-state index contributed by atoms with van der Waals surface area (Å²) in [5.41, 5.74) is 0.235. The van der Waals surface area contributed by atoms with Crippen LogP contribution in [0.25, 0.3) is 0 Å². The van der Waals surface area contributed by atoms with E-state index in [2.05, 4.69) is 28.6 Å². The van der Waals surface area contributed by atoms with Crippen LogP contribution in [0.15, 0.2) is 18.3 Å². The Balaban J connectivity index is 2.06. The van der Waals surface area contributed by atoms with Gasteiger partial charge in [-0.1, -0.05) is 6.92 Å². The van der Waals surface area contributed by atoms with Gasteiger partial charge in [0.1, 0.15) is 5.82 Å². The quantitative estimate of drug-likeness (QED) is 0.875. The van der Waals surface area contributed by atoms with E-state index in [1.165, 1.54) is 6.20 Å². The smallest absolute Gasteiger partial charge is 0.337 e. The van der Waals surface area contributed by atoms with E-state index >= 15 is 0 Å². The predicted octanol–water partition coefficient (Wildman–Crippen LogP) is 1.31. The maximum atomic E-state index is 10.8. The number of anilines is 1. The molecule has 2 rings (SSSR count). The molecule has 0 aliphatic carbocycles. The maximum Gasteiger partial charge on any atom is 0.337 e. The number of hydrogen-bond donors (Lipinski definition) is 1. The number of likely N-dealkylation sites (N-methyl/N-ethyl adjacent to an activating group) is 1. The molecule has 1 unspecified atom stereocenters. The van der Waals surface area contributed by atoms with Gasteiger partial charge in [-0.25, -0.2) is 9.78 Å². The molecule has 98 valence electrons. The molecule has 0 radical (unpaired) electrons. The van der Waals surface area contributed by atoms with Gasteiger partial charge in [0.2, 0.25) is 0 Å². The second-order valence-corrected chi connectivity index (χ2v) is 4.63. The van der Waals surface area contributed by atoms with Crippen LogP contribution in [0.1, 0.15) is 24.2 Å². The summed E-state index contributed by atoms with van der Waals surface area (Å²) in [4.78, 5) is 19.6. The first-order chi connectivity index (χ1) is 8.61. The van der Waals surface area contributed by atoms with E-state index in [4.69, 9.17) is 5.11 Å². The Morgan fingerprint density at radius 1 is 1.50 bits per heavy atom. The van der Waals surface area contributed by atoms with Crippen molar-refractivity contribution in [2.75, 3.05) is 31.1 Å². The number of piperazine rings is 1. The Bertz CT molecular complexity index is 419.